The molecule has 14 aromatic rings. The van der Waals surface area contributed by atoms with Gasteiger partial charge in [-0.1, -0.05) is 364 Å². The lowest BCUT2D eigenvalue weighted by Crippen LogP contribution is -2.25. The molecule has 0 spiro atoms. The van der Waals surface area contributed by atoms with Crippen molar-refractivity contribution in [2.45, 2.75) is 0 Å². The molecule has 442 valence electrons. The van der Waals surface area contributed by atoms with Gasteiger partial charge in [-0.2, -0.15) is 0 Å². The molecule has 0 amide bonds. The highest BCUT2D eigenvalue weighted by molar-refractivity contribution is 7.89. The van der Waals surface area contributed by atoms with Crippen molar-refractivity contribution in [3.05, 3.63) is 400 Å². The van der Waals surface area contributed by atoms with Gasteiger partial charge in [-0.3, -0.25) is 19.0 Å². The fourth-order valence-corrected chi connectivity index (χ4v) is 26.7. The van der Waals surface area contributed by atoms with E-state index in [1.165, 1.54) is 0 Å². The molecule has 0 saturated carbocycles. The zero-order chi connectivity index (χ0) is 61.9. The highest BCUT2D eigenvalue weighted by Crippen LogP contribution is 2.56. The van der Waals surface area contributed by atoms with Gasteiger partial charge in [-0.25, -0.2) is 0 Å². The summed E-state index contributed by atoms with van der Waals surface area (Å²) < 4.78 is 25.3. The molecule has 0 heterocycles. The Hall–Kier alpha value is -10.0. The lowest BCUT2D eigenvalue weighted by atomic mass is 10.0. The van der Waals surface area contributed by atoms with Gasteiger partial charge in [0.2, 0.25) is 0 Å². The molecular formula is C84H66N4P4. The summed E-state index contributed by atoms with van der Waals surface area (Å²) >= 11 is 0. The first-order valence-electron chi connectivity index (χ1n) is 31.0. The maximum absolute atomic E-state index is 6.33. The van der Waals surface area contributed by atoms with Crippen molar-refractivity contribution in [3.8, 4) is 11.1 Å². The fraction of sp³-hybridized carbons (Fsp3) is 0. The maximum Gasteiger partial charge on any atom is 0.0652 e. The van der Waals surface area contributed by atoms with Crippen molar-refractivity contribution in [2.24, 2.45) is 19.0 Å². The molecular weight excluding hydrogens is 1190 g/mol. The Bertz CT molecular complexity index is 3960. The van der Waals surface area contributed by atoms with Crippen LogP contribution in [-0.4, -0.2) is 0 Å². The molecule has 0 aromatic heterocycles. The molecule has 0 N–H and O–H groups in total. The van der Waals surface area contributed by atoms with Crippen LogP contribution in [0.15, 0.2) is 419 Å². The average Bonchev–Trinajstić information content (AvgIpc) is 0.826. The molecule has 14 aromatic carbocycles. The predicted octanol–water partition coefficient (Wildman–Crippen LogP) is 18.6. The summed E-state index contributed by atoms with van der Waals surface area (Å²) in [5, 5.41) is 13.8. The second-order valence-corrected chi connectivity index (χ2v) is 34.5. The summed E-state index contributed by atoms with van der Waals surface area (Å²) in [6.45, 7) is 0. The van der Waals surface area contributed by atoms with Gasteiger partial charge in [0.25, 0.3) is 0 Å². The first kappa shape index (κ1) is 59.6. The zero-order valence-electron chi connectivity index (χ0n) is 50.7. The van der Waals surface area contributed by atoms with Gasteiger partial charge >= 0.3 is 0 Å². The highest BCUT2D eigenvalue weighted by atomic mass is 31.2. The van der Waals surface area contributed by atoms with E-state index >= 15 is 0 Å². The van der Waals surface area contributed by atoms with Crippen molar-refractivity contribution in [3.63, 3.8) is 0 Å². The Kier molecular flexibility index (Phi) is 17.6. The Morgan fingerprint density at radius 3 is 0.348 bits per heavy atom. The molecule has 0 atom stereocenters. The Morgan fingerprint density at radius 1 is 0.130 bits per heavy atom. The van der Waals surface area contributed by atoms with Crippen molar-refractivity contribution >= 4 is 115 Å². The van der Waals surface area contributed by atoms with Crippen LogP contribution in [0.1, 0.15) is 0 Å². The third kappa shape index (κ3) is 11.8. The van der Waals surface area contributed by atoms with Crippen LogP contribution in [0.2, 0.25) is 0 Å². The maximum atomic E-state index is 6.33. The third-order valence-electron chi connectivity index (χ3n) is 16.8. The lowest BCUT2D eigenvalue weighted by molar-refractivity contribution is 1.46. The SMILES string of the molecule is c1ccc(P(=Nc2cc(N=P(c3ccccc3)(c3ccccc3)c3ccccc3)cc(-c3cc(N=P(c4ccccc4)(c4ccccc4)c4ccccc4)cc(N=P(c4ccccc4)(c4ccccc4)c4ccccc4)c3)c2)(c2ccccc2)c2ccccc2)cc1. The second-order valence-electron chi connectivity index (χ2n) is 22.4. The summed E-state index contributed by atoms with van der Waals surface area (Å²) in [6.07, 6.45) is 0. The molecule has 0 bridgehead atoms. The summed E-state index contributed by atoms with van der Waals surface area (Å²) in [6, 6.07) is 144. The summed E-state index contributed by atoms with van der Waals surface area (Å²) in [5.41, 5.74) is 5.09. The van der Waals surface area contributed by atoms with Crippen LogP contribution in [0.5, 0.6) is 0 Å². The monoisotopic (exact) mass is 1250 g/mol. The van der Waals surface area contributed by atoms with Gasteiger partial charge in [0.15, 0.2) is 0 Å². The van der Waals surface area contributed by atoms with E-state index in [4.69, 9.17) is 19.0 Å². The highest BCUT2D eigenvalue weighted by Gasteiger charge is 2.33. The van der Waals surface area contributed by atoms with Crippen LogP contribution < -0.4 is 63.7 Å². The van der Waals surface area contributed by atoms with Gasteiger partial charge in [-0.05, 0) is 47.5 Å². The van der Waals surface area contributed by atoms with Crippen LogP contribution in [0, 0.1) is 0 Å². The minimum atomic E-state index is -2.85. The van der Waals surface area contributed by atoms with E-state index in [0.717, 1.165) is 97.5 Å². The van der Waals surface area contributed by atoms with Gasteiger partial charge in [0.05, 0.1) is 51.0 Å². The largest absolute Gasteiger partial charge is 0.254 e. The van der Waals surface area contributed by atoms with Gasteiger partial charge in [0.1, 0.15) is 0 Å². The first-order chi connectivity index (χ1) is 45.5. The predicted molar refractivity (Wildman–Crippen MR) is 401 cm³/mol. The standard InChI is InChI=1S/C84H66N4P4/c1-13-37-73(38-14-1)89(74-39-15-2-16-40-74,75-41-17-3-18-42-75)85-69-61-67(62-70(65-69)86-90(76-43-19-4-20-44-76,77-45-21-5-22-46-77)78-47-23-6-24-48-78)68-63-71(87-91(79-49-25-7-26-50-79,80-51-27-8-28-52-80)81-53-29-9-30-54-81)66-72(64-68)88-92(82-55-31-10-32-56-82,83-57-33-11-34-58-83)84-59-35-12-36-60-84/h1-66H. The zero-order valence-corrected chi connectivity index (χ0v) is 54.3. The van der Waals surface area contributed by atoms with Crippen LogP contribution in [-0.2, 0) is 0 Å². The van der Waals surface area contributed by atoms with Crippen molar-refractivity contribution in [1.29, 1.82) is 0 Å². The Balaban J connectivity index is 1.17. The van der Waals surface area contributed by atoms with Crippen molar-refractivity contribution in [2.75, 3.05) is 0 Å². The topological polar surface area (TPSA) is 49.4 Å². The van der Waals surface area contributed by atoms with Gasteiger partial charge < -0.3 is 0 Å². The minimum absolute atomic E-state index is 0.804. The van der Waals surface area contributed by atoms with Crippen molar-refractivity contribution < 1.29 is 0 Å². The third-order valence-corrected chi connectivity index (χ3v) is 31.4. The molecule has 92 heavy (non-hydrogen) atoms. The molecule has 0 radical (unpaired) electrons. The summed E-state index contributed by atoms with van der Waals surface area (Å²) in [5.74, 6) is 0. The second kappa shape index (κ2) is 27.2. The lowest BCUT2D eigenvalue weighted by Gasteiger charge is -2.28. The average molecular weight is 1260 g/mol. The van der Waals surface area contributed by atoms with E-state index in [-0.39, 0.29) is 0 Å². The molecule has 8 heteroatoms. The van der Waals surface area contributed by atoms with Gasteiger partial charge in [-0.15, -0.1) is 0 Å². The minimum Gasteiger partial charge on any atom is -0.254 e. The Labute approximate surface area is 541 Å². The van der Waals surface area contributed by atoms with E-state index in [9.17, 15) is 0 Å². The number of rotatable bonds is 17. The van der Waals surface area contributed by atoms with Gasteiger partial charge in [0, 0.05) is 63.7 Å². The summed E-state index contributed by atoms with van der Waals surface area (Å²) in [7, 11) is -11.4. The fourth-order valence-electron chi connectivity index (χ4n) is 12.7. The number of hydrogen-bond donors (Lipinski definition) is 0. The van der Waals surface area contributed by atoms with Crippen LogP contribution in [0.25, 0.3) is 11.1 Å². The van der Waals surface area contributed by atoms with Crippen LogP contribution in [0.4, 0.5) is 22.7 Å². The van der Waals surface area contributed by atoms with Crippen LogP contribution in [0.3, 0.4) is 0 Å². The van der Waals surface area contributed by atoms with Crippen LogP contribution >= 0.6 is 28.2 Å². The van der Waals surface area contributed by atoms with E-state index in [2.05, 4.69) is 400 Å². The quantitative estimate of drug-likeness (QED) is 0.0816. The molecule has 14 rings (SSSR count). The molecule has 0 fully saturated rings. The molecule has 0 aliphatic carbocycles. The number of benzene rings is 14. The first-order valence-corrected chi connectivity index (χ1v) is 38.0. The molecule has 0 aliphatic rings. The van der Waals surface area contributed by atoms with Crippen molar-refractivity contribution in [1.82, 2.24) is 0 Å². The summed E-state index contributed by atoms with van der Waals surface area (Å²) in [4.78, 5) is 0. The van der Waals surface area contributed by atoms with E-state index < -0.39 is 28.2 Å². The molecule has 0 unspecified atom stereocenters. The molecule has 0 saturated heterocycles. The number of nitrogens with zero attached hydrogens (tertiary/aromatic N) is 4. The number of hydrogen-bond acceptors (Lipinski definition) is 4. The van der Waals surface area contributed by atoms with E-state index in [1.54, 1.807) is 0 Å². The molecule has 0 aliphatic heterocycles. The van der Waals surface area contributed by atoms with E-state index in [1.807, 2.05) is 0 Å². The van der Waals surface area contributed by atoms with E-state index in [0.29, 0.717) is 0 Å². The normalized spacial score (nSPS) is 11.7. The smallest absolute Gasteiger partial charge is 0.0652 e. The Morgan fingerprint density at radius 2 is 0.239 bits per heavy atom. The molecule has 4 nitrogen and oxygen atoms in total.